The zero-order valence-corrected chi connectivity index (χ0v) is 16.4. The van der Waals surface area contributed by atoms with Crippen LogP contribution in [0.1, 0.15) is 18.7 Å². The summed E-state index contributed by atoms with van der Waals surface area (Å²) in [6.45, 7) is 4.05. The molecule has 5 nitrogen and oxygen atoms in total. The number of benzene rings is 1. The van der Waals surface area contributed by atoms with Crippen LogP contribution in [-0.4, -0.2) is 29.5 Å². The quantitative estimate of drug-likeness (QED) is 0.393. The first kappa shape index (κ1) is 18.3. The maximum atomic E-state index is 5.26. The predicted molar refractivity (Wildman–Crippen MR) is 113 cm³/mol. The second kappa shape index (κ2) is 8.25. The van der Waals surface area contributed by atoms with Gasteiger partial charge in [0.25, 0.3) is 0 Å². The van der Waals surface area contributed by atoms with Gasteiger partial charge in [-0.05, 0) is 56.4 Å². The normalized spacial score (nSPS) is 11.2. The van der Waals surface area contributed by atoms with Crippen molar-refractivity contribution in [2.75, 3.05) is 7.11 Å². The summed E-state index contributed by atoms with van der Waals surface area (Å²) in [4.78, 5) is 5.76. The van der Waals surface area contributed by atoms with Crippen molar-refractivity contribution in [1.29, 1.82) is 0 Å². The fourth-order valence-corrected chi connectivity index (χ4v) is 3.44. The summed E-state index contributed by atoms with van der Waals surface area (Å²) in [6.07, 6.45) is 1.76. The fraction of sp³-hybridized carbons (Fsp3) is 0.211. The Morgan fingerprint density at radius 1 is 1.27 bits per heavy atom. The minimum absolute atomic E-state index is 0.275. The van der Waals surface area contributed by atoms with Gasteiger partial charge in [-0.25, -0.2) is 4.98 Å². The lowest BCUT2D eigenvalue weighted by Crippen LogP contribution is -2.36. The van der Waals surface area contributed by atoms with Crippen LogP contribution in [0, 0.1) is 0 Å². The number of ether oxygens (including phenoxy) is 1. The first-order valence-corrected chi connectivity index (χ1v) is 9.47. The third-order valence-electron chi connectivity index (χ3n) is 3.59. The highest BCUT2D eigenvalue weighted by Gasteiger charge is 2.05. The number of aromatic nitrogens is 1. The van der Waals surface area contributed by atoms with Crippen LogP contribution in [0.25, 0.3) is 22.2 Å². The van der Waals surface area contributed by atoms with E-state index in [-0.39, 0.29) is 6.04 Å². The molecule has 134 valence electrons. The molecular weight excluding hydrogens is 364 g/mol. The molecule has 0 aliphatic carbocycles. The van der Waals surface area contributed by atoms with Crippen molar-refractivity contribution in [1.82, 2.24) is 15.7 Å². The van der Waals surface area contributed by atoms with Crippen LogP contribution < -0.4 is 15.5 Å². The fourth-order valence-electron chi connectivity index (χ4n) is 2.40. The molecule has 0 fully saturated rings. The molecule has 0 amide bonds. The van der Waals surface area contributed by atoms with Gasteiger partial charge in [-0.15, -0.1) is 11.3 Å². The summed E-state index contributed by atoms with van der Waals surface area (Å²) in [7, 11) is 1.66. The van der Waals surface area contributed by atoms with Crippen LogP contribution in [0.5, 0.6) is 5.75 Å². The topological polar surface area (TPSA) is 58.5 Å². The van der Waals surface area contributed by atoms with Gasteiger partial charge in [-0.2, -0.15) is 5.10 Å². The number of methoxy groups -OCH3 is 1. The average molecular weight is 385 g/mol. The molecule has 0 aliphatic heterocycles. The number of fused-ring (bicyclic) bond motifs is 1. The Hall–Kier alpha value is -2.51. The monoisotopic (exact) mass is 384 g/mol. The Labute approximate surface area is 162 Å². The van der Waals surface area contributed by atoms with Crippen LogP contribution in [0.4, 0.5) is 0 Å². The standard InChI is InChI=1S/C19H20N4OS2/c1-12(2)21-19(25)23-20-10-16-9-14(11-26-16)18-6-4-13-8-15(24-3)5-7-17(13)22-18/h4-12H,1-3H3,(H2,21,23,25)/b20-10+. The lowest BCUT2D eigenvalue weighted by molar-refractivity contribution is 0.415. The predicted octanol–water partition coefficient (Wildman–Crippen LogP) is 4.18. The average Bonchev–Trinajstić information content (AvgIpc) is 3.09. The van der Waals surface area contributed by atoms with Gasteiger partial charge in [-0.3, -0.25) is 5.43 Å². The number of nitrogens with zero attached hydrogens (tertiary/aromatic N) is 2. The van der Waals surface area contributed by atoms with Crippen molar-refractivity contribution >= 4 is 45.8 Å². The van der Waals surface area contributed by atoms with Gasteiger partial charge in [0.2, 0.25) is 0 Å². The van der Waals surface area contributed by atoms with Crippen LogP contribution in [-0.2, 0) is 0 Å². The molecule has 0 bridgehead atoms. The number of hydrogen-bond acceptors (Lipinski definition) is 5. The molecule has 2 N–H and O–H groups in total. The molecule has 0 atom stereocenters. The van der Waals surface area contributed by atoms with Crippen LogP contribution in [0.2, 0.25) is 0 Å². The van der Waals surface area contributed by atoms with E-state index in [4.69, 9.17) is 21.9 Å². The molecule has 0 radical (unpaired) electrons. The highest BCUT2D eigenvalue weighted by Crippen LogP contribution is 2.26. The number of hydrogen-bond donors (Lipinski definition) is 2. The highest BCUT2D eigenvalue weighted by atomic mass is 32.1. The lowest BCUT2D eigenvalue weighted by Gasteiger charge is -2.09. The van der Waals surface area contributed by atoms with Crippen molar-refractivity contribution < 1.29 is 4.74 Å². The molecule has 1 aromatic carbocycles. The molecule has 2 aromatic heterocycles. The zero-order chi connectivity index (χ0) is 18.5. The summed E-state index contributed by atoms with van der Waals surface area (Å²) in [6, 6.07) is 12.3. The molecule has 0 unspecified atom stereocenters. The molecule has 2 heterocycles. The molecule has 3 rings (SSSR count). The molecule has 0 aliphatic rings. The maximum absolute atomic E-state index is 5.26. The van der Waals surface area contributed by atoms with Gasteiger partial charge in [0.1, 0.15) is 5.75 Å². The van der Waals surface area contributed by atoms with Gasteiger partial charge in [0, 0.05) is 27.2 Å². The maximum Gasteiger partial charge on any atom is 0.187 e. The number of nitrogens with one attached hydrogen (secondary N) is 2. The van der Waals surface area contributed by atoms with Gasteiger partial charge >= 0.3 is 0 Å². The molecular formula is C19H20N4OS2. The van der Waals surface area contributed by atoms with Crippen LogP contribution in [0.15, 0.2) is 46.9 Å². The second-order valence-corrected chi connectivity index (χ2v) is 7.34. The van der Waals surface area contributed by atoms with Crippen molar-refractivity contribution in [3.8, 4) is 17.0 Å². The zero-order valence-electron chi connectivity index (χ0n) is 14.8. The third-order valence-corrected chi connectivity index (χ3v) is 4.67. The number of thiophene rings is 1. The van der Waals surface area contributed by atoms with Crippen molar-refractivity contribution in [3.63, 3.8) is 0 Å². The minimum Gasteiger partial charge on any atom is -0.497 e. The molecule has 7 heteroatoms. The van der Waals surface area contributed by atoms with Crippen LogP contribution in [0.3, 0.4) is 0 Å². The molecule has 3 aromatic rings. The Bertz CT molecular complexity index is 950. The summed E-state index contributed by atoms with van der Waals surface area (Å²) in [5.74, 6) is 0.832. The van der Waals surface area contributed by atoms with E-state index < -0.39 is 0 Å². The summed E-state index contributed by atoms with van der Waals surface area (Å²) >= 11 is 6.75. The smallest absolute Gasteiger partial charge is 0.187 e. The van der Waals surface area contributed by atoms with E-state index in [2.05, 4.69) is 33.4 Å². The summed E-state index contributed by atoms with van der Waals surface area (Å²) in [5.41, 5.74) is 5.76. The van der Waals surface area contributed by atoms with Crippen LogP contribution >= 0.6 is 23.6 Å². The molecule has 26 heavy (non-hydrogen) atoms. The van der Waals surface area contributed by atoms with E-state index in [1.807, 2.05) is 38.1 Å². The molecule has 0 saturated heterocycles. The van der Waals surface area contributed by atoms with Crippen molar-refractivity contribution in [2.24, 2.45) is 5.10 Å². The van der Waals surface area contributed by atoms with E-state index in [1.165, 1.54) is 0 Å². The Kier molecular flexibility index (Phi) is 5.80. The lowest BCUT2D eigenvalue weighted by atomic mass is 10.1. The molecule has 0 spiro atoms. The van der Waals surface area contributed by atoms with Crippen molar-refractivity contribution in [3.05, 3.63) is 46.7 Å². The van der Waals surface area contributed by atoms with E-state index in [1.54, 1.807) is 24.7 Å². The first-order chi connectivity index (χ1) is 12.5. The summed E-state index contributed by atoms with van der Waals surface area (Å²) in [5, 5.41) is 10.9. The molecule has 0 saturated carbocycles. The number of rotatable bonds is 5. The Morgan fingerprint density at radius 2 is 2.12 bits per heavy atom. The highest BCUT2D eigenvalue weighted by molar-refractivity contribution is 7.80. The van der Waals surface area contributed by atoms with Crippen molar-refractivity contribution in [2.45, 2.75) is 19.9 Å². The van der Waals surface area contributed by atoms with Gasteiger partial charge in [0.15, 0.2) is 5.11 Å². The number of hydrazone groups is 1. The Balaban J connectivity index is 1.73. The first-order valence-electron chi connectivity index (χ1n) is 8.18. The largest absolute Gasteiger partial charge is 0.497 e. The van der Waals surface area contributed by atoms with E-state index in [9.17, 15) is 0 Å². The van der Waals surface area contributed by atoms with Gasteiger partial charge < -0.3 is 10.1 Å². The van der Waals surface area contributed by atoms with Gasteiger partial charge in [-0.1, -0.05) is 6.07 Å². The SMILES string of the molecule is COc1ccc2nc(-c3csc(/C=N/NC(=S)NC(C)C)c3)ccc2c1. The van der Waals surface area contributed by atoms with E-state index in [0.29, 0.717) is 5.11 Å². The second-order valence-electron chi connectivity index (χ2n) is 5.99. The summed E-state index contributed by atoms with van der Waals surface area (Å²) < 4.78 is 5.26. The Morgan fingerprint density at radius 3 is 2.88 bits per heavy atom. The number of pyridine rings is 1. The minimum atomic E-state index is 0.275. The van der Waals surface area contributed by atoms with E-state index >= 15 is 0 Å². The third kappa shape index (κ3) is 4.56. The number of thiocarbonyl (C=S) groups is 1. The van der Waals surface area contributed by atoms with Gasteiger partial charge in [0.05, 0.1) is 24.5 Å². The van der Waals surface area contributed by atoms with E-state index in [0.717, 1.165) is 32.8 Å².